The Labute approximate surface area is 125 Å². The molecule has 2 heterocycles. The number of aryl methyl sites for hydroxylation is 1. The van der Waals surface area contributed by atoms with Crippen molar-refractivity contribution in [3.63, 3.8) is 0 Å². The molecule has 0 unspecified atom stereocenters. The van der Waals surface area contributed by atoms with Crippen LogP contribution in [0.15, 0.2) is 36.5 Å². The van der Waals surface area contributed by atoms with Crippen molar-refractivity contribution < 1.29 is 4.74 Å². The van der Waals surface area contributed by atoms with E-state index in [4.69, 9.17) is 4.74 Å². The predicted octanol–water partition coefficient (Wildman–Crippen LogP) is 2.56. The van der Waals surface area contributed by atoms with Crippen LogP contribution in [-0.4, -0.2) is 30.0 Å². The highest BCUT2D eigenvalue weighted by Crippen LogP contribution is 2.34. The van der Waals surface area contributed by atoms with E-state index in [1.165, 1.54) is 11.1 Å². The molecule has 1 saturated heterocycles. The zero-order chi connectivity index (χ0) is 14.5. The van der Waals surface area contributed by atoms with Gasteiger partial charge in [-0.1, -0.05) is 30.3 Å². The molecule has 4 nitrogen and oxygen atoms in total. The molecule has 4 heteroatoms. The maximum atomic E-state index is 5.57. The number of ether oxygens (including phenoxy) is 1. The van der Waals surface area contributed by atoms with Gasteiger partial charge in [-0.3, -0.25) is 5.10 Å². The number of nitrogens with one attached hydrogen (secondary N) is 2. The van der Waals surface area contributed by atoms with Crippen molar-refractivity contribution in [1.29, 1.82) is 0 Å². The fourth-order valence-electron chi connectivity index (χ4n) is 3.11. The van der Waals surface area contributed by atoms with Crippen molar-refractivity contribution in [3.05, 3.63) is 53.3 Å². The third kappa shape index (κ3) is 3.17. The summed E-state index contributed by atoms with van der Waals surface area (Å²) in [6.45, 7) is 5.59. The molecule has 21 heavy (non-hydrogen) atoms. The van der Waals surface area contributed by atoms with Crippen molar-refractivity contribution in [2.45, 2.75) is 31.7 Å². The van der Waals surface area contributed by atoms with Crippen LogP contribution in [0.5, 0.6) is 0 Å². The second-order valence-electron chi connectivity index (χ2n) is 5.88. The first-order chi connectivity index (χ1) is 10.3. The summed E-state index contributed by atoms with van der Waals surface area (Å²) in [6, 6.07) is 10.8. The SMILES string of the molecule is Cc1[nH]ncc1CNCC1(c2ccccc2)CCOCC1. The Morgan fingerprint density at radius 2 is 2.00 bits per heavy atom. The van der Waals surface area contributed by atoms with E-state index < -0.39 is 0 Å². The number of hydrogen-bond acceptors (Lipinski definition) is 3. The first kappa shape index (κ1) is 14.3. The lowest BCUT2D eigenvalue weighted by Gasteiger charge is -2.38. The summed E-state index contributed by atoms with van der Waals surface area (Å²) in [7, 11) is 0. The summed E-state index contributed by atoms with van der Waals surface area (Å²) < 4.78 is 5.57. The summed E-state index contributed by atoms with van der Waals surface area (Å²) in [4.78, 5) is 0. The van der Waals surface area contributed by atoms with Gasteiger partial charge >= 0.3 is 0 Å². The minimum atomic E-state index is 0.192. The Morgan fingerprint density at radius 3 is 2.67 bits per heavy atom. The lowest BCUT2D eigenvalue weighted by atomic mass is 9.74. The lowest BCUT2D eigenvalue weighted by molar-refractivity contribution is 0.0498. The zero-order valence-corrected chi connectivity index (χ0v) is 12.6. The van der Waals surface area contributed by atoms with E-state index in [0.29, 0.717) is 0 Å². The van der Waals surface area contributed by atoms with Crippen molar-refractivity contribution in [1.82, 2.24) is 15.5 Å². The van der Waals surface area contributed by atoms with Crippen LogP contribution >= 0.6 is 0 Å². The predicted molar refractivity (Wildman–Crippen MR) is 83.2 cm³/mol. The van der Waals surface area contributed by atoms with Gasteiger partial charge in [0.05, 0.1) is 6.20 Å². The molecule has 0 saturated carbocycles. The highest BCUT2D eigenvalue weighted by atomic mass is 16.5. The van der Waals surface area contributed by atoms with Gasteiger partial charge in [0, 0.05) is 43.0 Å². The summed E-state index contributed by atoms with van der Waals surface area (Å²) in [6.07, 6.45) is 4.06. The zero-order valence-electron chi connectivity index (χ0n) is 12.6. The van der Waals surface area contributed by atoms with Crippen LogP contribution in [0.2, 0.25) is 0 Å². The molecule has 0 amide bonds. The summed E-state index contributed by atoms with van der Waals surface area (Å²) in [5.41, 5.74) is 4.00. The second kappa shape index (κ2) is 6.41. The van der Waals surface area contributed by atoms with Gasteiger partial charge in [0.1, 0.15) is 0 Å². The van der Waals surface area contributed by atoms with E-state index in [0.717, 1.165) is 44.8 Å². The van der Waals surface area contributed by atoms with Crippen LogP contribution in [0.1, 0.15) is 29.7 Å². The van der Waals surface area contributed by atoms with Gasteiger partial charge in [0.15, 0.2) is 0 Å². The molecule has 112 valence electrons. The molecule has 0 radical (unpaired) electrons. The number of H-pyrrole nitrogens is 1. The molecule has 0 aliphatic carbocycles. The third-order valence-corrected chi connectivity index (χ3v) is 4.55. The normalized spacial score (nSPS) is 17.8. The monoisotopic (exact) mass is 285 g/mol. The molecule has 1 fully saturated rings. The van der Waals surface area contributed by atoms with Crippen LogP contribution in [0.4, 0.5) is 0 Å². The van der Waals surface area contributed by atoms with Crippen LogP contribution in [0, 0.1) is 6.92 Å². The smallest absolute Gasteiger partial charge is 0.0535 e. The van der Waals surface area contributed by atoms with Crippen molar-refractivity contribution in [2.24, 2.45) is 0 Å². The van der Waals surface area contributed by atoms with Crippen molar-refractivity contribution >= 4 is 0 Å². The number of aromatic amines is 1. The van der Waals surface area contributed by atoms with Gasteiger partial charge < -0.3 is 10.1 Å². The van der Waals surface area contributed by atoms with Gasteiger partial charge in [0.2, 0.25) is 0 Å². The number of aromatic nitrogens is 2. The average molecular weight is 285 g/mol. The molecular formula is C17H23N3O. The van der Waals surface area contributed by atoms with E-state index in [9.17, 15) is 0 Å². The highest BCUT2D eigenvalue weighted by molar-refractivity contribution is 5.27. The minimum absolute atomic E-state index is 0.192. The van der Waals surface area contributed by atoms with Crippen LogP contribution in [0.3, 0.4) is 0 Å². The molecular weight excluding hydrogens is 262 g/mol. The van der Waals surface area contributed by atoms with E-state index in [-0.39, 0.29) is 5.41 Å². The van der Waals surface area contributed by atoms with Crippen LogP contribution in [0.25, 0.3) is 0 Å². The van der Waals surface area contributed by atoms with Gasteiger partial charge in [-0.2, -0.15) is 5.10 Å². The molecule has 3 rings (SSSR count). The summed E-state index contributed by atoms with van der Waals surface area (Å²) in [5, 5.41) is 10.7. The Bertz CT molecular complexity index is 558. The number of hydrogen-bond donors (Lipinski definition) is 2. The standard InChI is InChI=1S/C17H23N3O/c1-14-15(12-19-20-14)11-18-13-17(7-9-21-10-8-17)16-5-3-2-4-6-16/h2-6,12,18H,7-11,13H2,1H3,(H,19,20). The molecule has 2 aromatic rings. The average Bonchev–Trinajstić information content (AvgIpc) is 2.95. The molecule has 1 aliphatic heterocycles. The molecule has 1 aliphatic rings. The lowest BCUT2D eigenvalue weighted by Crippen LogP contribution is -2.42. The van der Waals surface area contributed by atoms with Crippen molar-refractivity contribution in [3.8, 4) is 0 Å². The van der Waals surface area contributed by atoms with E-state index in [2.05, 4.69) is 52.8 Å². The van der Waals surface area contributed by atoms with Crippen LogP contribution in [-0.2, 0) is 16.7 Å². The molecule has 1 aromatic carbocycles. The first-order valence-corrected chi connectivity index (χ1v) is 7.63. The second-order valence-corrected chi connectivity index (χ2v) is 5.88. The minimum Gasteiger partial charge on any atom is -0.381 e. The topological polar surface area (TPSA) is 49.9 Å². The van der Waals surface area contributed by atoms with Gasteiger partial charge in [-0.15, -0.1) is 0 Å². The Hall–Kier alpha value is -1.65. The fourth-order valence-corrected chi connectivity index (χ4v) is 3.11. The van der Waals surface area contributed by atoms with E-state index in [1.807, 2.05) is 6.20 Å². The Balaban J connectivity index is 1.70. The molecule has 0 atom stereocenters. The molecule has 0 spiro atoms. The first-order valence-electron chi connectivity index (χ1n) is 7.63. The molecule has 1 aromatic heterocycles. The Kier molecular flexibility index (Phi) is 4.36. The summed E-state index contributed by atoms with van der Waals surface area (Å²) in [5.74, 6) is 0. The third-order valence-electron chi connectivity index (χ3n) is 4.55. The number of benzene rings is 1. The largest absolute Gasteiger partial charge is 0.381 e. The maximum Gasteiger partial charge on any atom is 0.0535 e. The molecule has 0 bridgehead atoms. The summed E-state index contributed by atoms with van der Waals surface area (Å²) >= 11 is 0. The van der Waals surface area contributed by atoms with Gasteiger partial charge in [-0.05, 0) is 25.3 Å². The van der Waals surface area contributed by atoms with Gasteiger partial charge in [0.25, 0.3) is 0 Å². The highest BCUT2D eigenvalue weighted by Gasteiger charge is 2.33. The Morgan fingerprint density at radius 1 is 1.24 bits per heavy atom. The maximum absolute atomic E-state index is 5.57. The number of nitrogens with zero attached hydrogens (tertiary/aromatic N) is 1. The fraction of sp³-hybridized carbons (Fsp3) is 0.471. The van der Waals surface area contributed by atoms with Crippen molar-refractivity contribution in [2.75, 3.05) is 19.8 Å². The van der Waals surface area contributed by atoms with Crippen LogP contribution < -0.4 is 5.32 Å². The van der Waals surface area contributed by atoms with Gasteiger partial charge in [-0.25, -0.2) is 0 Å². The number of rotatable bonds is 5. The molecule has 2 N–H and O–H groups in total. The quantitative estimate of drug-likeness (QED) is 0.887. The van der Waals surface area contributed by atoms with E-state index in [1.54, 1.807) is 0 Å². The van der Waals surface area contributed by atoms with E-state index >= 15 is 0 Å².